The quantitative estimate of drug-likeness (QED) is 0.172. The molecule has 0 aromatic rings. The molecule has 0 aromatic carbocycles. The minimum atomic E-state index is 1.09. The summed E-state index contributed by atoms with van der Waals surface area (Å²) < 4.78 is 0. The van der Waals surface area contributed by atoms with Gasteiger partial charge < -0.3 is 0 Å². The lowest BCUT2D eigenvalue weighted by atomic mass is 10.0. The highest BCUT2D eigenvalue weighted by atomic mass is 31.0. The van der Waals surface area contributed by atoms with Crippen molar-refractivity contribution in [2.24, 2.45) is 0 Å². The summed E-state index contributed by atoms with van der Waals surface area (Å²) in [6.45, 7) is 2.29. The van der Waals surface area contributed by atoms with Crippen molar-refractivity contribution in [3.8, 4) is 11.6 Å². The Kier molecular flexibility index (Phi) is 19.0. The summed E-state index contributed by atoms with van der Waals surface area (Å²) in [6.07, 6.45) is 22.6. The molecule has 0 aliphatic heterocycles. The van der Waals surface area contributed by atoms with E-state index in [1.54, 1.807) is 0 Å². The fourth-order valence-corrected chi connectivity index (χ4v) is 2.80. The van der Waals surface area contributed by atoms with Crippen LogP contribution in [-0.2, 0) is 0 Å². The van der Waals surface area contributed by atoms with Crippen LogP contribution in [0.1, 0.15) is 110 Å². The van der Waals surface area contributed by atoms with E-state index in [-0.39, 0.29) is 0 Å². The molecule has 1 heteroatoms. The Labute approximate surface area is 131 Å². The Bertz CT molecular complexity index is 224. The van der Waals surface area contributed by atoms with Crippen molar-refractivity contribution in [1.29, 1.82) is 0 Å². The molecule has 0 heterocycles. The summed E-state index contributed by atoms with van der Waals surface area (Å²) in [5, 5.41) is 0. The summed E-state index contributed by atoms with van der Waals surface area (Å²) >= 11 is 0. The van der Waals surface area contributed by atoms with Crippen LogP contribution in [0, 0.1) is 11.6 Å². The molecule has 0 fully saturated rings. The molecule has 1 atom stereocenters. The van der Waals surface area contributed by atoms with E-state index in [0.717, 1.165) is 6.42 Å². The fraction of sp³-hybridized carbons (Fsp3) is 0.895. The smallest absolute Gasteiger partial charge is 0.00919 e. The molecule has 118 valence electrons. The van der Waals surface area contributed by atoms with Gasteiger partial charge in [-0.3, -0.25) is 0 Å². The second-order valence-corrected chi connectivity index (χ2v) is 6.31. The van der Waals surface area contributed by atoms with Gasteiger partial charge >= 0.3 is 0 Å². The van der Waals surface area contributed by atoms with Crippen LogP contribution in [0.4, 0.5) is 0 Å². The summed E-state index contributed by atoms with van der Waals surface area (Å²) in [7, 11) is 2.47. The van der Waals surface area contributed by atoms with Crippen molar-refractivity contribution in [2.75, 3.05) is 0 Å². The molecule has 0 nitrogen and oxygen atoms in total. The lowest BCUT2D eigenvalue weighted by Gasteiger charge is -2.03. The molecule has 1 unspecified atom stereocenters. The molecule has 0 aliphatic carbocycles. The SMILES string of the molecule is CCCCCCCCCCCCCCCCCC#CP. The van der Waals surface area contributed by atoms with Gasteiger partial charge in [0.2, 0.25) is 0 Å². The van der Waals surface area contributed by atoms with Crippen molar-refractivity contribution < 1.29 is 0 Å². The first-order valence-electron chi connectivity index (χ1n) is 9.10. The lowest BCUT2D eigenvalue weighted by molar-refractivity contribution is 0.533. The molecular formula is C19H37P. The van der Waals surface area contributed by atoms with Crippen LogP contribution in [0.2, 0.25) is 0 Å². The third-order valence-corrected chi connectivity index (χ3v) is 4.21. The largest absolute Gasteiger partial charge is 0.0992 e. The molecule has 0 saturated heterocycles. The average molecular weight is 296 g/mol. The maximum Gasteiger partial charge on any atom is 0.00919 e. The average Bonchev–Trinajstić information content (AvgIpc) is 2.47. The van der Waals surface area contributed by atoms with Crippen molar-refractivity contribution in [1.82, 2.24) is 0 Å². The van der Waals surface area contributed by atoms with Crippen molar-refractivity contribution >= 4 is 9.24 Å². The van der Waals surface area contributed by atoms with Gasteiger partial charge in [0.15, 0.2) is 0 Å². The lowest BCUT2D eigenvalue weighted by Crippen LogP contribution is -1.83. The Balaban J connectivity index is 2.93. The molecule has 0 bridgehead atoms. The monoisotopic (exact) mass is 296 g/mol. The zero-order chi connectivity index (χ0) is 14.7. The van der Waals surface area contributed by atoms with Gasteiger partial charge in [0.05, 0.1) is 0 Å². The molecule has 0 amide bonds. The highest BCUT2D eigenvalue weighted by Crippen LogP contribution is 2.13. The Morgan fingerprint density at radius 3 is 1.25 bits per heavy atom. The minimum absolute atomic E-state index is 1.09. The summed E-state index contributed by atoms with van der Waals surface area (Å²) in [6, 6.07) is 0. The standard InChI is InChI=1S/C19H37P/c1-2-3-4-5-6-7-8-9-10-11-12-13-14-15-16-17-18-19-20/h2-17,20H2,1H3. The van der Waals surface area contributed by atoms with Crippen LogP contribution < -0.4 is 0 Å². The topological polar surface area (TPSA) is 0 Å². The predicted octanol–water partition coefficient (Wildman–Crippen LogP) is 7.08. The van der Waals surface area contributed by atoms with E-state index in [1.165, 1.54) is 96.3 Å². The Morgan fingerprint density at radius 2 is 0.900 bits per heavy atom. The molecule has 0 aliphatic rings. The van der Waals surface area contributed by atoms with Gasteiger partial charge in [0.1, 0.15) is 0 Å². The van der Waals surface area contributed by atoms with E-state index in [9.17, 15) is 0 Å². The van der Waals surface area contributed by atoms with Gasteiger partial charge in [-0.25, -0.2) is 0 Å². The zero-order valence-corrected chi connectivity index (χ0v) is 15.0. The van der Waals surface area contributed by atoms with Crippen LogP contribution in [0.25, 0.3) is 0 Å². The second-order valence-electron chi connectivity index (χ2n) is 6.02. The minimum Gasteiger partial charge on any atom is -0.0992 e. The van der Waals surface area contributed by atoms with Gasteiger partial charge in [-0.1, -0.05) is 118 Å². The van der Waals surface area contributed by atoms with Crippen LogP contribution in [0.3, 0.4) is 0 Å². The molecule has 0 rings (SSSR count). The van der Waals surface area contributed by atoms with Crippen molar-refractivity contribution in [3.05, 3.63) is 0 Å². The van der Waals surface area contributed by atoms with Crippen LogP contribution >= 0.6 is 9.24 Å². The second kappa shape index (κ2) is 19.0. The van der Waals surface area contributed by atoms with E-state index in [0.29, 0.717) is 0 Å². The molecule has 0 aromatic heterocycles. The van der Waals surface area contributed by atoms with Crippen molar-refractivity contribution in [2.45, 2.75) is 110 Å². The summed E-state index contributed by atoms with van der Waals surface area (Å²) in [4.78, 5) is 0. The molecule has 0 N–H and O–H groups in total. The van der Waals surface area contributed by atoms with Gasteiger partial charge in [-0.15, -0.1) is 0 Å². The first kappa shape index (κ1) is 20.0. The predicted molar refractivity (Wildman–Crippen MR) is 97.0 cm³/mol. The zero-order valence-electron chi connectivity index (χ0n) is 13.9. The number of unbranched alkanes of at least 4 members (excludes halogenated alkanes) is 15. The Morgan fingerprint density at radius 1 is 0.550 bits per heavy atom. The molecule has 0 spiro atoms. The van der Waals surface area contributed by atoms with E-state index >= 15 is 0 Å². The van der Waals surface area contributed by atoms with Crippen LogP contribution in [0.5, 0.6) is 0 Å². The first-order chi connectivity index (χ1) is 9.91. The van der Waals surface area contributed by atoms with E-state index in [2.05, 4.69) is 27.7 Å². The number of hydrogen-bond donors (Lipinski definition) is 0. The molecule has 20 heavy (non-hydrogen) atoms. The van der Waals surface area contributed by atoms with Crippen LogP contribution in [-0.4, -0.2) is 0 Å². The fourth-order valence-electron chi connectivity index (χ4n) is 2.66. The van der Waals surface area contributed by atoms with Gasteiger partial charge in [0.25, 0.3) is 0 Å². The van der Waals surface area contributed by atoms with Gasteiger partial charge in [-0.2, -0.15) is 0 Å². The molecule has 0 saturated carbocycles. The van der Waals surface area contributed by atoms with Gasteiger partial charge in [-0.05, 0) is 6.42 Å². The molecular weight excluding hydrogens is 259 g/mol. The summed E-state index contributed by atoms with van der Waals surface area (Å²) in [5.41, 5.74) is 2.88. The maximum atomic E-state index is 3.11. The van der Waals surface area contributed by atoms with Crippen LogP contribution in [0.15, 0.2) is 0 Å². The van der Waals surface area contributed by atoms with E-state index in [1.807, 2.05) is 0 Å². The van der Waals surface area contributed by atoms with Gasteiger partial charge in [0, 0.05) is 6.42 Å². The highest BCUT2D eigenvalue weighted by Gasteiger charge is 1.93. The maximum absolute atomic E-state index is 3.11. The number of rotatable bonds is 15. The van der Waals surface area contributed by atoms with Crippen molar-refractivity contribution in [3.63, 3.8) is 0 Å². The highest BCUT2D eigenvalue weighted by molar-refractivity contribution is 7.23. The third-order valence-electron chi connectivity index (χ3n) is 4.01. The number of hydrogen-bond acceptors (Lipinski definition) is 0. The Hall–Kier alpha value is -0.0100. The van der Waals surface area contributed by atoms with E-state index in [4.69, 9.17) is 0 Å². The molecule has 0 radical (unpaired) electrons. The van der Waals surface area contributed by atoms with E-state index < -0.39 is 0 Å². The third kappa shape index (κ3) is 18.0. The summed E-state index contributed by atoms with van der Waals surface area (Å²) in [5.74, 6) is 3.11. The first-order valence-corrected chi connectivity index (χ1v) is 9.68. The normalized spacial score (nSPS) is 10.3.